The van der Waals surface area contributed by atoms with E-state index in [1.807, 2.05) is 0 Å². The van der Waals surface area contributed by atoms with Crippen LogP contribution in [0.25, 0.3) is 0 Å². The van der Waals surface area contributed by atoms with Crippen LogP contribution in [-0.2, 0) is 28.5 Å². The molecule has 316 valence electrons. The molecule has 1 fully saturated rings. The van der Waals surface area contributed by atoms with Gasteiger partial charge in [-0.05, 0) is 77.0 Å². The number of aliphatic hydroxyl groups excluding tert-OH is 4. The summed E-state index contributed by atoms with van der Waals surface area (Å²) < 4.78 is 22.1. The minimum atomic E-state index is -1.60. The first-order valence-electron chi connectivity index (χ1n) is 21.4. The molecular weight excluding hydrogens is 700 g/mol. The molecule has 0 aromatic carbocycles. The predicted octanol–water partition coefficient (Wildman–Crippen LogP) is 8.66. The molecule has 0 aliphatic carbocycles. The molecule has 0 unspecified atom stereocenters. The number of hydrogen-bond acceptors (Lipinski definition) is 10. The van der Waals surface area contributed by atoms with E-state index in [-0.39, 0.29) is 26.1 Å². The molecule has 0 radical (unpaired) electrons. The number of unbranched alkanes of at least 4 members (excludes halogenated alkanes) is 13. The van der Waals surface area contributed by atoms with Crippen LogP contribution < -0.4 is 0 Å². The summed E-state index contributed by atoms with van der Waals surface area (Å²) in [6.45, 7) is 3.23. The van der Waals surface area contributed by atoms with Crippen LogP contribution in [-0.4, -0.2) is 89.0 Å². The third kappa shape index (κ3) is 27.6. The molecule has 10 heteroatoms. The van der Waals surface area contributed by atoms with Gasteiger partial charge in [0.25, 0.3) is 0 Å². The van der Waals surface area contributed by atoms with Gasteiger partial charge in [-0.15, -0.1) is 0 Å². The Kier molecular flexibility index (Phi) is 32.8. The zero-order chi connectivity index (χ0) is 40.2. The number of hydrogen-bond donors (Lipinski definition) is 4. The molecule has 0 saturated carbocycles. The zero-order valence-corrected chi connectivity index (χ0v) is 34.2. The molecule has 0 bridgehead atoms. The molecule has 0 aromatic heterocycles. The lowest BCUT2D eigenvalue weighted by molar-refractivity contribution is -0.305. The summed E-state index contributed by atoms with van der Waals surface area (Å²) in [4.78, 5) is 25.3. The lowest BCUT2D eigenvalue weighted by Crippen LogP contribution is -2.59. The van der Waals surface area contributed by atoms with Gasteiger partial charge in [0, 0.05) is 12.8 Å². The Hall–Kier alpha value is -2.60. The Bertz CT molecular complexity index is 1080. The van der Waals surface area contributed by atoms with E-state index in [4.69, 9.17) is 18.9 Å². The van der Waals surface area contributed by atoms with Crippen molar-refractivity contribution in [2.75, 3.05) is 19.8 Å². The molecular formula is C45H76O10. The van der Waals surface area contributed by atoms with Crippen LogP contribution >= 0.6 is 0 Å². The Morgan fingerprint density at radius 2 is 1.07 bits per heavy atom. The second-order valence-corrected chi connectivity index (χ2v) is 14.4. The van der Waals surface area contributed by atoms with Gasteiger partial charge in [0.2, 0.25) is 0 Å². The molecule has 0 aromatic rings. The van der Waals surface area contributed by atoms with E-state index < -0.39 is 55.4 Å². The molecule has 1 aliphatic rings. The fourth-order valence-corrected chi connectivity index (χ4v) is 6.00. The fraction of sp³-hybridized carbons (Fsp3) is 0.733. The first-order chi connectivity index (χ1) is 26.8. The average Bonchev–Trinajstić information content (AvgIpc) is 3.18. The number of carbonyl (C=O) groups excluding carboxylic acids is 2. The summed E-state index contributed by atoms with van der Waals surface area (Å²) in [5, 5.41) is 40.0. The van der Waals surface area contributed by atoms with Crippen LogP contribution in [0.15, 0.2) is 60.8 Å². The van der Waals surface area contributed by atoms with Crippen molar-refractivity contribution in [3.05, 3.63) is 60.8 Å². The summed E-state index contributed by atoms with van der Waals surface area (Å²) >= 11 is 0. The number of rotatable bonds is 34. The highest BCUT2D eigenvalue weighted by molar-refractivity contribution is 5.70. The van der Waals surface area contributed by atoms with E-state index in [9.17, 15) is 30.0 Å². The lowest BCUT2D eigenvalue weighted by Gasteiger charge is -2.39. The molecule has 1 aliphatic heterocycles. The van der Waals surface area contributed by atoms with Gasteiger partial charge >= 0.3 is 11.9 Å². The van der Waals surface area contributed by atoms with Gasteiger partial charge in [-0.1, -0.05) is 126 Å². The molecule has 0 spiro atoms. The average molecular weight is 777 g/mol. The van der Waals surface area contributed by atoms with E-state index in [2.05, 4.69) is 74.6 Å². The molecule has 4 N–H and O–H groups in total. The fourth-order valence-electron chi connectivity index (χ4n) is 6.00. The number of carbonyl (C=O) groups is 2. The molecule has 1 saturated heterocycles. The number of aliphatic hydroxyl groups is 4. The summed E-state index contributed by atoms with van der Waals surface area (Å²) in [6.07, 6.45) is 35.1. The number of allylic oxidation sites excluding steroid dienone is 10. The van der Waals surface area contributed by atoms with Gasteiger partial charge in [0.05, 0.1) is 13.2 Å². The van der Waals surface area contributed by atoms with Crippen molar-refractivity contribution in [2.45, 2.75) is 192 Å². The summed E-state index contributed by atoms with van der Waals surface area (Å²) in [5.74, 6) is -0.848. The van der Waals surface area contributed by atoms with Crippen molar-refractivity contribution in [1.82, 2.24) is 0 Å². The highest BCUT2D eigenvalue weighted by Crippen LogP contribution is 2.22. The maximum absolute atomic E-state index is 12.7. The van der Waals surface area contributed by atoms with Gasteiger partial charge in [0.15, 0.2) is 12.4 Å². The minimum Gasteiger partial charge on any atom is -0.462 e. The Morgan fingerprint density at radius 1 is 0.582 bits per heavy atom. The van der Waals surface area contributed by atoms with Gasteiger partial charge in [-0.2, -0.15) is 0 Å². The molecule has 6 atom stereocenters. The van der Waals surface area contributed by atoms with Crippen molar-refractivity contribution >= 4 is 11.9 Å². The second-order valence-electron chi connectivity index (χ2n) is 14.4. The Morgan fingerprint density at radius 3 is 1.62 bits per heavy atom. The maximum Gasteiger partial charge on any atom is 0.306 e. The van der Waals surface area contributed by atoms with Gasteiger partial charge in [-0.3, -0.25) is 9.59 Å². The van der Waals surface area contributed by atoms with E-state index in [0.717, 1.165) is 89.9 Å². The molecule has 0 amide bonds. The highest BCUT2D eigenvalue weighted by atomic mass is 16.7. The SMILES string of the molecule is CC/C=C\C/C=C\C/C=C\CCCCCCCC(=O)O[C@H](COC(=O)CCCCCCC/C=C\C/C=C\CCCCC)CO[C@@H]1O[C@H](CO)[C@H](O)[C@H](O)[C@H]1O. The van der Waals surface area contributed by atoms with Crippen LogP contribution in [0.1, 0.15) is 155 Å². The van der Waals surface area contributed by atoms with Gasteiger partial charge in [0.1, 0.15) is 31.0 Å². The van der Waals surface area contributed by atoms with Crippen molar-refractivity contribution in [1.29, 1.82) is 0 Å². The van der Waals surface area contributed by atoms with Gasteiger partial charge < -0.3 is 39.4 Å². The van der Waals surface area contributed by atoms with Crippen molar-refractivity contribution in [2.24, 2.45) is 0 Å². The first kappa shape index (κ1) is 50.4. The first-order valence-corrected chi connectivity index (χ1v) is 21.4. The summed E-state index contributed by atoms with van der Waals surface area (Å²) in [6, 6.07) is 0. The topological polar surface area (TPSA) is 152 Å². The standard InChI is InChI=1S/C45H76O10/c1-3-5-7-9-11-13-15-17-19-21-23-25-27-29-31-33-40(47)52-36-38(37-53-45-44(51)43(50)42(49)39(35-46)55-45)54-41(48)34-32-30-28-26-24-22-20-18-16-14-12-10-8-6-4-2/h6,8,11-14,17-20,38-39,42-46,49-51H,3-5,7,9-10,15-16,21-37H2,1-2H3/b8-6-,13-11-,14-12-,19-17-,20-18-/t38-,39-,42+,43+,44-,45-/m1/s1. The molecule has 10 nitrogen and oxygen atoms in total. The Balaban J connectivity index is 2.38. The smallest absolute Gasteiger partial charge is 0.306 e. The predicted molar refractivity (Wildman–Crippen MR) is 219 cm³/mol. The van der Waals surface area contributed by atoms with E-state index in [1.54, 1.807) is 0 Å². The third-order valence-corrected chi connectivity index (χ3v) is 9.39. The molecule has 1 heterocycles. The lowest BCUT2D eigenvalue weighted by atomic mass is 9.99. The highest BCUT2D eigenvalue weighted by Gasteiger charge is 2.44. The molecule has 55 heavy (non-hydrogen) atoms. The van der Waals surface area contributed by atoms with Crippen LogP contribution in [0.4, 0.5) is 0 Å². The van der Waals surface area contributed by atoms with Crippen molar-refractivity contribution in [3.63, 3.8) is 0 Å². The van der Waals surface area contributed by atoms with Crippen LogP contribution in [0.5, 0.6) is 0 Å². The third-order valence-electron chi connectivity index (χ3n) is 9.39. The maximum atomic E-state index is 12.7. The van der Waals surface area contributed by atoms with Crippen LogP contribution in [0.3, 0.4) is 0 Å². The molecule has 1 rings (SSSR count). The summed E-state index contributed by atoms with van der Waals surface area (Å²) in [7, 11) is 0. The number of ether oxygens (including phenoxy) is 4. The van der Waals surface area contributed by atoms with Crippen LogP contribution in [0.2, 0.25) is 0 Å². The number of esters is 2. The van der Waals surface area contributed by atoms with E-state index >= 15 is 0 Å². The summed E-state index contributed by atoms with van der Waals surface area (Å²) in [5.41, 5.74) is 0. The van der Waals surface area contributed by atoms with Crippen molar-refractivity contribution < 1.29 is 49.0 Å². The second kappa shape index (κ2) is 35.8. The quantitative estimate of drug-likeness (QED) is 0.0284. The normalized spacial score (nSPS) is 21.2. The minimum absolute atomic E-state index is 0.205. The van der Waals surface area contributed by atoms with Gasteiger partial charge in [-0.25, -0.2) is 0 Å². The Labute approximate surface area is 332 Å². The van der Waals surface area contributed by atoms with Crippen LogP contribution in [0, 0.1) is 0 Å². The van der Waals surface area contributed by atoms with E-state index in [0.29, 0.717) is 12.8 Å². The monoisotopic (exact) mass is 777 g/mol. The largest absolute Gasteiger partial charge is 0.462 e. The zero-order valence-electron chi connectivity index (χ0n) is 34.2. The van der Waals surface area contributed by atoms with E-state index in [1.165, 1.54) is 25.7 Å². The van der Waals surface area contributed by atoms with Crippen molar-refractivity contribution in [3.8, 4) is 0 Å².